The third kappa shape index (κ3) is 4.43. The second kappa shape index (κ2) is 7.11. The van der Waals surface area contributed by atoms with Gasteiger partial charge in [0.1, 0.15) is 5.75 Å². The minimum atomic E-state index is -0.784. The number of nitrogens with one attached hydrogen (secondary N) is 1. The number of carbonyl (C=O) groups excluding carboxylic acids is 1. The van der Waals surface area contributed by atoms with Crippen molar-refractivity contribution in [1.29, 1.82) is 0 Å². The molecule has 0 heterocycles. The van der Waals surface area contributed by atoms with Gasteiger partial charge in [-0.2, -0.15) is 0 Å². The lowest BCUT2D eigenvalue weighted by molar-refractivity contribution is -0.384. The van der Waals surface area contributed by atoms with E-state index >= 15 is 0 Å². The largest absolute Gasteiger partial charge is 0.481 e. The fourth-order valence-electron chi connectivity index (χ4n) is 1.83. The number of nitro groups is 1. The van der Waals surface area contributed by atoms with Crippen molar-refractivity contribution in [3.63, 3.8) is 0 Å². The quantitative estimate of drug-likeness (QED) is 0.662. The average molecular weight is 335 g/mol. The van der Waals surface area contributed by atoms with Crippen molar-refractivity contribution in [2.45, 2.75) is 20.0 Å². The first-order valence-electron chi connectivity index (χ1n) is 6.85. The maximum Gasteiger partial charge on any atom is 0.271 e. The number of rotatable bonds is 5. The zero-order valence-electron chi connectivity index (χ0n) is 12.6. The molecule has 2 rings (SSSR count). The molecule has 2 aromatic rings. The molecule has 1 atom stereocenters. The van der Waals surface area contributed by atoms with Gasteiger partial charge in [0.15, 0.2) is 6.10 Å². The van der Waals surface area contributed by atoms with Crippen molar-refractivity contribution in [2.75, 3.05) is 5.32 Å². The first kappa shape index (κ1) is 16.8. The van der Waals surface area contributed by atoms with E-state index in [1.807, 2.05) is 19.1 Å². The van der Waals surface area contributed by atoms with E-state index in [1.165, 1.54) is 18.2 Å². The van der Waals surface area contributed by atoms with Crippen molar-refractivity contribution in [3.05, 3.63) is 63.2 Å². The molecule has 7 heteroatoms. The Kier molecular flexibility index (Phi) is 5.18. The summed E-state index contributed by atoms with van der Waals surface area (Å²) in [5.74, 6) is 0.108. The highest BCUT2D eigenvalue weighted by Gasteiger charge is 2.18. The van der Waals surface area contributed by atoms with E-state index in [1.54, 1.807) is 19.1 Å². The van der Waals surface area contributed by atoms with Gasteiger partial charge in [-0.1, -0.05) is 29.3 Å². The summed E-state index contributed by atoms with van der Waals surface area (Å²) in [6, 6.07) is 11.1. The molecule has 0 bridgehead atoms. The molecule has 2 aromatic carbocycles. The highest BCUT2D eigenvalue weighted by Crippen LogP contribution is 2.27. The van der Waals surface area contributed by atoms with Crippen LogP contribution in [0.3, 0.4) is 0 Å². The Hall–Kier alpha value is -2.60. The molecule has 0 aliphatic heterocycles. The molecular weight excluding hydrogens is 320 g/mol. The van der Waals surface area contributed by atoms with Crippen LogP contribution < -0.4 is 10.1 Å². The van der Waals surface area contributed by atoms with Crippen molar-refractivity contribution >= 4 is 28.9 Å². The Balaban J connectivity index is 2.07. The lowest BCUT2D eigenvalue weighted by atomic mass is 10.2. The Bertz CT molecular complexity index is 731. The van der Waals surface area contributed by atoms with E-state index in [9.17, 15) is 14.9 Å². The monoisotopic (exact) mass is 334 g/mol. The van der Waals surface area contributed by atoms with Gasteiger partial charge >= 0.3 is 0 Å². The molecule has 0 spiro atoms. The van der Waals surface area contributed by atoms with Crippen LogP contribution >= 0.6 is 11.6 Å². The predicted octanol–water partition coefficient (Wildman–Crippen LogP) is 3.96. The number of halogens is 1. The first-order valence-corrected chi connectivity index (χ1v) is 7.23. The Morgan fingerprint density at radius 1 is 1.26 bits per heavy atom. The lowest BCUT2D eigenvalue weighted by Crippen LogP contribution is -2.30. The number of carbonyl (C=O) groups is 1. The summed E-state index contributed by atoms with van der Waals surface area (Å²) < 4.78 is 5.53. The maximum atomic E-state index is 12.2. The van der Waals surface area contributed by atoms with Crippen LogP contribution in [-0.4, -0.2) is 16.9 Å². The molecule has 0 saturated carbocycles. The normalized spacial score (nSPS) is 11.6. The molecule has 1 N–H and O–H groups in total. The summed E-state index contributed by atoms with van der Waals surface area (Å²) in [5.41, 5.74) is 1.10. The van der Waals surface area contributed by atoms with Crippen LogP contribution in [0.15, 0.2) is 42.5 Å². The van der Waals surface area contributed by atoms with Gasteiger partial charge in [0.2, 0.25) is 0 Å². The number of anilines is 1. The Labute approximate surface area is 138 Å². The average Bonchev–Trinajstić information content (AvgIpc) is 2.51. The second-order valence-electron chi connectivity index (χ2n) is 4.98. The Morgan fingerprint density at radius 3 is 2.52 bits per heavy atom. The van der Waals surface area contributed by atoms with Gasteiger partial charge < -0.3 is 10.1 Å². The third-order valence-electron chi connectivity index (χ3n) is 3.12. The number of amides is 1. The number of benzene rings is 2. The van der Waals surface area contributed by atoms with Crippen molar-refractivity contribution in [2.24, 2.45) is 0 Å². The predicted molar refractivity (Wildman–Crippen MR) is 88.0 cm³/mol. The fraction of sp³-hybridized carbons (Fsp3) is 0.188. The van der Waals surface area contributed by atoms with E-state index in [2.05, 4.69) is 5.32 Å². The standard InChI is InChI=1S/C16H15ClN2O4/c1-10-3-6-13(7-4-10)23-11(2)16(20)18-15-9-12(19(21)22)5-8-14(15)17/h3-9,11H,1-2H3,(H,18,20)/t11-/m0/s1. The molecule has 0 unspecified atom stereocenters. The van der Waals surface area contributed by atoms with E-state index in [0.29, 0.717) is 5.75 Å². The number of non-ortho nitro benzene ring substituents is 1. The minimum absolute atomic E-state index is 0.156. The summed E-state index contributed by atoms with van der Waals surface area (Å²) in [7, 11) is 0. The van der Waals surface area contributed by atoms with Gasteiger partial charge in [-0.3, -0.25) is 14.9 Å². The van der Waals surface area contributed by atoms with Gasteiger partial charge in [0, 0.05) is 12.1 Å². The lowest BCUT2D eigenvalue weighted by Gasteiger charge is -2.15. The third-order valence-corrected chi connectivity index (χ3v) is 3.45. The SMILES string of the molecule is Cc1ccc(O[C@@H](C)C(=O)Nc2cc([N+](=O)[O-])ccc2Cl)cc1. The van der Waals surface area contributed by atoms with Gasteiger partial charge in [0.05, 0.1) is 15.6 Å². The van der Waals surface area contributed by atoms with Crippen molar-refractivity contribution in [1.82, 2.24) is 0 Å². The Morgan fingerprint density at radius 2 is 1.91 bits per heavy atom. The van der Waals surface area contributed by atoms with E-state index in [0.717, 1.165) is 5.56 Å². The molecule has 1 amide bonds. The van der Waals surface area contributed by atoms with E-state index in [-0.39, 0.29) is 16.4 Å². The zero-order valence-corrected chi connectivity index (χ0v) is 13.3. The summed E-state index contributed by atoms with van der Waals surface area (Å²) >= 11 is 5.95. The number of hydrogen-bond acceptors (Lipinski definition) is 4. The van der Waals surface area contributed by atoms with Crippen LogP contribution in [0.5, 0.6) is 5.75 Å². The molecule has 6 nitrogen and oxygen atoms in total. The molecule has 0 aliphatic rings. The van der Waals surface area contributed by atoms with Crippen molar-refractivity contribution in [3.8, 4) is 5.75 Å². The summed E-state index contributed by atoms with van der Waals surface area (Å²) in [6.07, 6.45) is -0.784. The summed E-state index contributed by atoms with van der Waals surface area (Å²) in [6.45, 7) is 3.53. The fourth-order valence-corrected chi connectivity index (χ4v) is 2.00. The molecular formula is C16H15ClN2O4. The highest BCUT2D eigenvalue weighted by molar-refractivity contribution is 6.33. The molecule has 23 heavy (non-hydrogen) atoms. The van der Waals surface area contributed by atoms with Crippen LogP contribution in [0.4, 0.5) is 11.4 Å². The summed E-state index contributed by atoms with van der Waals surface area (Å²) in [4.78, 5) is 22.4. The number of nitrogens with zero attached hydrogens (tertiary/aromatic N) is 1. The number of hydrogen-bond donors (Lipinski definition) is 1. The van der Waals surface area contributed by atoms with Gasteiger partial charge in [-0.15, -0.1) is 0 Å². The van der Waals surface area contributed by atoms with Gasteiger partial charge in [-0.25, -0.2) is 0 Å². The van der Waals surface area contributed by atoms with Crippen LogP contribution in [0, 0.1) is 17.0 Å². The molecule has 0 saturated heterocycles. The molecule has 0 radical (unpaired) electrons. The number of aryl methyl sites for hydroxylation is 1. The topological polar surface area (TPSA) is 81.5 Å². The van der Waals surface area contributed by atoms with E-state index < -0.39 is 16.9 Å². The second-order valence-corrected chi connectivity index (χ2v) is 5.39. The minimum Gasteiger partial charge on any atom is -0.481 e. The maximum absolute atomic E-state index is 12.2. The van der Waals surface area contributed by atoms with Crippen LogP contribution in [0.2, 0.25) is 5.02 Å². The smallest absolute Gasteiger partial charge is 0.271 e. The number of ether oxygens (including phenoxy) is 1. The van der Waals surface area contributed by atoms with Gasteiger partial charge in [0.25, 0.3) is 11.6 Å². The molecule has 0 aliphatic carbocycles. The molecule has 120 valence electrons. The van der Waals surface area contributed by atoms with Gasteiger partial charge in [-0.05, 0) is 32.0 Å². The van der Waals surface area contributed by atoms with Crippen LogP contribution in [0.1, 0.15) is 12.5 Å². The molecule has 0 fully saturated rings. The first-order chi connectivity index (χ1) is 10.9. The van der Waals surface area contributed by atoms with Crippen LogP contribution in [0.25, 0.3) is 0 Å². The van der Waals surface area contributed by atoms with Crippen molar-refractivity contribution < 1.29 is 14.5 Å². The highest BCUT2D eigenvalue weighted by atomic mass is 35.5. The summed E-state index contributed by atoms with van der Waals surface area (Å²) in [5, 5.41) is 13.5. The van der Waals surface area contributed by atoms with E-state index in [4.69, 9.17) is 16.3 Å². The molecule has 0 aromatic heterocycles. The van der Waals surface area contributed by atoms with Crippen LogP contribution in [-0.2, 0) is 4.79 Å². The number of nitro benzene ring substituents is 1. The zero-order chi connectivity index (χ0) is 17.0.